The quantitative estimate of drug-likeness (QED) is 0.792. The summed E-state index contributed by atoms with van der Waals surface area (Å²) in [5.41, 5.74) is 2.96. The van der Waals surface area contributed by atoms with Crippen LogP contribution in [0.5, 0.6) is 0 Å². The van der Waals surface area contributed by atoms with Crippen molar-refractivity contribution in [1.82, 2.24) is 15.1 Å². The summed E-state index contributed by atoms with van der Waals surface area (Å²) in [6, 6.07) is 12.6. The number of fused-ring (bicyclic) bond motifs is 1. The summed E-state index contributed by atoms with van der Waals surface area (Å²) < 4.78 is 13.3. The Balaban J connectivity index is 1.33. The minimum atomic E-state index is -0.725. The van der Waals surface area contributed by atoms with E-state index < -0.39 is 17.9 Å². The molecule has 4 rings (SSSR count). The Morgan fingerprint density at radius 1 is 1.10 bits per heavy atom. The van der Waals surface area contributed by atoms with Crippen LogP contribution in [0.15, 0.2) is 48.5 Å². The first-order valence-corrected chi connectivity index (χ1v) is 9.72. The number of nitrogens with zero attached hydrogens (tertiary/aromatic N) is 2. The van der Waals surface area contributed by atoms with Gasteiger partial charge in [0.05, 0.1) is 6.54 Å². The second-order valence-corrected chi connectivity index (χ2v) is 7.43. The molecular formula is C22H22FN3O3. The summed E-state index contributed by atoms with van der Waals surface area (Å²) in [7, 11) is 0. The van der Waals surface area contributed by atoms with Crippen LogP contribution in [0.1, 0.15) is 29.5 Å². The highest BCUT2D eigenvalue weighted by Crippen LogP contribution is 2.21. The molecule has 7 heteroatoms. The molecule has 0 saturated carbocycles. The Morgan fingerprint density at radius 3 is 2.69 bits per heavy atom. The average Bonchev–Trinajstić information content (AvgIpc) is 2.99. The van der Waals surface area contributed by atoms with E-state index in [9.17, 15) is 18.8 Å². The molecule has 4 amide bonds. The maximum absolute atomic E-state index is 13.3. The van der Waals surface area contributed by atoms with E-state index in [1.165, 1.54) is 23.8 Å². The average molecular weight is 395 g/mol. The first-order chi connectivity index (χ1) is 14.0. The highest BCUT2D eigenvalue weighted by molar-refractivity contribution is 6.04. The van der Waals surface area contributed by atoms with Crippen molar-refractivity contribution in [3.05, 3.63) is 71.0 Å². The Labute approximate surface area is 168 Å². The summed E-state index contributed by atoms with van der Waals surface area (Å²) in [5.74, 6) is -0.819. The van der Waals surface area contributed by atoms with E-state index in [1.807, 2.05) is 18.2 Å². The monoisotopic (exact) mass is 395 g/mol. The lowest BCUT2D eigenvalue weighted by Gasteiger charge is -2.29. The van der Waals surface area contributed by atoms with Crippen LogP contribution in [0.3, 0.4) is 0 Å². The van der Waals surface area contributed by atoms with Gasteiger partial charge < -0.3 is 10.2 Å². The molecule has 0 aliphatic carbocycles. The van der Waals surface area contributed by atoms with E-state index in [0.717, 1.165) is 16.9 Å². The number of halogens is 1. The third-order valence-electron chi connectivity index (χ3n) is 5.47. The SMILES string of the molecule is O=C(CC[C@@H]1NC(=O)N(Cc2cccc(F)c2)C1=O)N1CCc2ccccc2C1. The maximum atomic E-state index is 13.3. The molecule has 6 nitrogen and oxygen atoms in total. The van der Waals surface area contributed by atoms with E-state index in [-0.39, 0.29) is 31.2 Å². The Hall–Kier alpha value is -3.22. The van der Waals surface area contributed by atoms with E-state index in [2.05, 4.69) is 11.4 Å². The molecule has 0 spiro atoms. The largest absolute Gasteiger partial charge is 0.338 e. The zero-order chi connectivity index (χ0) is 20.4. The van der Waals surface area contributed by atoms with Crippen molar-refractivity contribution in [3.63, 3.8) is 0 Å². The van der Waals surface area contributed by atoms with Crippen LogP contribution in [0.4, 0.5) is 9.18 Å². The molecule has 0 aromatic heterocycles. The number of hydrogen-bond donors (Lipinski definition) is 1. The number of benzene rings is 2. The van der Waals surface area contributed by atoms with Crippen molar-refractivity contribution in [2.75, 3.05) is 6.54 Å². The minimum absolute atomic E-state index is 0.00970. The number of amides is 4. The summed E-state index contributed by atoms with van der Waals surface area (Å²) in [6.07, 6.45) is 1.26. The van der Waals surface area contributed by atoms with Gasteiger partial charge in [-0.05, 0) is 41.7 Å². The highest BCUT2D eigenvalue weighted by atomic mass is 19.1. The fraction of sp³-hybridized carbons (Fsp3) is 0.318. The first-order valence-electron chi connectivity index (χ1n) is 9.72. The van der Waals surface area contributed by atoms with Crippen LogP contribution in [-0.4, -0.2) is 40.2 Å². The topological polar surface area (TPSA) is 69.7 Å². The van der Waals surface area contributed by atoms with E-state index in [0.29, 0.717) is 18.7 Å². The third-order valence-corrected chi connectivity index (χ3v) is 5.47. The number of hydrogen-bond acceptors (Lipinski definition) is 3. The van der Waals surface area contributed by atoms with Gasteiger partial charge in [0.25, 0.3) is 5.91 Å². The molecule has 2 aromatic rings. The Kier molecular flexibility index (Phi) is 5.29. The van der Waals surface area contributed by atoms with Gasteiger partial charge in [0.1, 0.15) is 11.9 Å². The van der Waals surface area contributed by atoms with Gasteiger partial charge in [0.2, 0.25) is 5.91 Å². The van der Waals surface area contributed by atoms with Gasteiger partial charge in [0.15, 0.2) is 0 Å². The number of nitrogens with one attached hydrogen (secondary N) is 1. The first kappa shape index (κ1) is 19.1. The molecule has 2 aliphatic heterocycles. The fourth-order valence-electron chi connectivity index (χ4n) is 3.87. The lowest BCUT2D eigenvalue weighted by molar-refractivity contribution is -0.132. The molecule has 0 radical (unpaired) electrons. The molecule has 1 saturated heterocycles. The maximum Gasteiger partial charge on any atom is 0.325 e. The highest BCUT2D eigenvalue weighted by Gasteiger charge is 2.38. The summed E-state index contributed by atoms with van der Waals surface area (Å²) in [5, 5.41) is 2.64. The molecule has 2 heterocycles. The zero-order valence-electron chi connectivity index (χ0n) is 15.9. The number of imide groups is 1. The second-order valence-electron chi connectivity index (χ2n) is 7.43. The van der Waals surface area contributed by atoms with Gasteiger partial charge >= 0.3 is 6.03 Å². The minimum Gasteiger partial charge on any atom is -0.338 e. The van der Waals surface area contributed by atoms with Crippen molar-refractivity contribution >= 4 is 17.8 Å². The molecule has 1 N–H and O–H groups in total. The van der Waals surface area contributed by atoms with Crippen LogP contribution < -0.4 is 5.32 Å². The number of urea groups is 1. The van der Waals surface area contributed by atoms with Gasteiger partial charge in [0, 0.05) is 19.5 Å². The van der Waals surface area contributed by atoms with Gasteiger partial charge in [-0.1, -0.05) is 36.4 Å². The summed E-state index contributed by atoms with van der Waals surface area (Å²) >= 11 is 0. The molecule has 29 heavy (non-hydrogen) atoms. The van der Waals surface area contributed by atoms with E-state index in [1.54, 1.807) is 11.0 Å². The summed E-state index contributed by atoms with van der Waals surface area (Å²) in [4.78, 5) is 40.2. The molecular weight excluding hydrogens is 373 g/mol. The van der Waals surface area contributed by atoms with Crippen molar-refractivity contribution in [2.24, 2.45) is 0 Å². The second kappa shape index (κ2) is 8.03. The van der Waals surface area contributed by atoms with Gasteiger partial charge in [-0.3, -0.25) is 14.5 Å². The predicted octanol–water partition coefficient (Wildman–Crippen LogP) is 2.61. The van der Waals surface area contributed by atoms with Crippen LogP contribution in [0.25, 0.3) is 0 Å². The molecule has 2 aromatic carbocycles. The van der Waals surface area contributed by atoms with Crippen molar-refractivity contribution < 1.29 is 18.8 Å². The van der Waals surface area contributed by atoms with Crippen LogP contribution in [0, 0.1) is 5.82 Å². The van der Waals surface area contributed by atoms with Gasteiger partial charge in [-0.15, -0.1) is 0 Å². The van der Waals surface area contributed by atoms with Crippen LogP contribution in [0.2, 0.25) is 0 Å². The van der Waals surface area contributed by atoms with Gasteiger partial charge in [-0.2, -0.15) is 0 Å². The third kappa shape index (κ3) is 4.13. The molecule has 1 atom stereocenters. The lowest BCUT2D eigenvalue weighted by atomic mass is 9.99. The molecule has 2 aliphatic rings. The molecule has 0 bridgehead atoms. The Bertz CT molecular complexity index is 962. The molecule has 0 unspecified atom stereocenters. The fourth-order valence-corrected chi connectivity index (χ4v) is 3.87. The van der Waals surface area contributed by atoms with Crippen LogP contribution >= 0.6 is 0 Å². The zero-order valence-corrected chi connectivity index (χ0v) is 15.9. The van der Waals surface area contributed by atoms with Crippen molar-refractivity contribution in [2.45, 2.75) is 38.4 Å². The van der Waals surface area contributed by atoms with Crippen LogP contribution in [-0.2, 0) is 29.1 Å². The van der Waals surface area contributed by atoms with E-state index >= 15 is 0 Å². The summed E-state index contributed by atoms with van der Waals surface area (Å²) in [6.45, 7) is 1.24. The normalized spacial score (nSPS) is 18.6. The number of carbonyl (C=O) groups is 3. The standard InChI is InChI=1S/C22H22FN3O3/c23-18-7-3-4-15(12-18)13-26-21(28)19(24-22(26)29)8-9-20(27)25-11-10-16-5-1-2-6-17(16)14-25/h1-7,12,19H,8-11,13-14H2,(H,24,29)/t19-/m0/s1. The van der Waals surface area contributed by atoms with E-state index in [4.69, 9.17) is 0 Å². The van der Waals surface area contributed by atoms with Crippen molar-refractivity contribution in [3.8, 4) is 0 Å². The molecule has 150 valence electrons. The van der Waals surface area contributed by atoms with Gasteiger partial charge in [-0.25, -0.2) is 9.18 Å². The Morgan fingerprint density at radius 2 is 1.90 bits per heavy atom. The smallest absolute Gasteiger partial charge is 0.325 e. The number of carbonyl (C=O) groups excluding carboxylic acids is 3. The lowest BCUT2D eigenvalue weighted by Crippen LogP contribution is -2.37. The predicted molar refractivity (Wildman–Crippen MR) is 104 cm³/mol. The number of rotatable bonds is 5. The molecule has 1 fully saturated rings. The van der Waals surface area contributed by atoms with Crippen molar-refractivity contribution in [1.29, 1.82) is 0 Å².